The molecule has 0 radical (unpaired) electrons. The monoisotopic (exact) mass is 401 g/mol. The SMILES string of the molecule is COc1cc(F)c(Br)cc1C(N)Cc1ccc(Br)cc1. The fraction of sp³-hybridized carbons (Fsp3) is 0.200. The average Bonchev–Trinajstić information content (AvgIpc) is 2.43. The van der Waals surface area contributed by atoms with Crippen LogP contribution in [0.3, 0.4) is 0 Å². The van der Waals surface area contributed by atoms with Gasteiger partial charge >= 0.3 is 0 Å². The van der Waals surface area contributed by atoms with E-state index in [1.807, 2.05) is 24.3 Å². The van der Waals surface area contributed by atoms with Crippen LogP contribution >= 0.6 is 31.9 Å². The highest BCUT2D eigenvalue weighted by molar-refractivity contribution is 9.10. The molecule has 0 saturated carbocycles. The summed E-state index contributed by atoms with van der Waals surface area (Å²) < 4.78 is 20.1. The van der Waals surface area contributed by atoms with Crippen molar-refractivity contribution in [1.82, 2.24) is 0 Å². The number of ether oxygens (including phenoxy) is 1. The van der Waals surface area contributed by atoms with Gasteiger partial charge in [-0.1, -0.05) is 28.1 Å². The van der Waals surface area contributed by atoms with Crippen LogP contribution in [0.5, 0.6) is 5.75 Å². The molecule has 106 valence electrons. The van der Waals surface area contributed by atoms with Crippen molar-refractivity contribution in [2.75, 3.05) is 7.11 Å². The van der Waals surface area contributed by atoms with Gasteiger partial charge in [-0.15, -0.1) is 0 Å². The van der Waals surface area contributed by atoms with E-state index in [2.05, 4.69) is 31.9 Å². The summed E-state index contributed by atoms with van der Waals surface area (Å²) in [4.78, 5) is 0. The zero-order chi connectivity index (χ0) is 14.7. The van der Waals surface area contributed by atoms with E-state index >= 15 is 0 Å². The van der Waals surface area contributed by atoms with Gasteiger partial charge in [-0.3, -0.25) is 0 Å². The van der Waals surface area contributed by atoms with Crippen molar-refractivity contribution in [3.63, 3.8) is 0 Å². The second-order valence-corrected chi connectivity index (χ2v) is 6.22. The molecule has 0 saturated heterocycles. The molecular formula is C15H14Br2FNO. The molecule has 0 spiro atoms. The van der Waals surface area contributed by atoms with Gasteiger partial charge in [-0.2, -0.15) is 0 Å². The minimum absolute atomic E-state index is 0.261. The molecule has 0 aromatic heterocycles. The lowest BCUT2D eigenvalue weighted by Gasteiger charge is -2.16. The van der Waals surface area contributed by atoms with Crippen molar-refractivity contribution in [2.24, 2.45) is 5.73 Å². The maximum Gasteiger partial charge on any atom is 0.141 e. The normalized spacial score (nSPS) is 12.2. The highest BCUT2D eigenvalue weighted by Crippen LogP contribution is 2.31. The molecule has 5 heteroatoms. The number of rotatable bonds is 4. The van der Waals surface area contributed by atoms with E-state index < -0.39 is 0 Å². The summed E-state index contributed by atoms with van der Waals surface area (Å²) in [6.07, 6.45) is 0.654. The van der Waals surface area contributed by atoms with Crippen LogP contribution in [0.2, 0.25) is 0 Å². The molecule has 0 aliphatic carbocycles. The number of hydrogen-bond acceptors (Lipinski definition) is 2. The Morgan fingerprint density at radius 3 is 2.45 bits per heavy atom. The summed E-state index contributed by atoms with van der Waals surface area (Å²) in [5.41, 5.74) is 8.12. The van der Waals surface area contributed by atoms with Crippen molar-refractivity contribution in [3.05, 3.63) is 62.3 Å². The van der Waals surface area contributed by atoms with Gasteiger partial charge in [0.1, 0.15) is 11.6 Å². The Bertz CT molecular complexity index is 602. The number of benzene rings is 2. The Kier molecular flexibility index (Phi) is 5.18. The smallest absolute Gasteiger partial charge is 0.141 e. The van der Waals surface area contributed by atoms with Crippen molar-refractivity contribution in [1.29, 1.82) is 0 Å². The number of halogens is 3. The Balaban J connectivity index is 2.26. The molecule has 0 bridgehead atoms. The van der Waals surface area contributed by atoms with Gasteiger partial charge in [0.25, 0.3) is 0 Å². The second kappa shape index (κ2) is 6.70. The molecule has 2 aromatic carbocycles. The minimum atomic E-state index is -0.360. The van der Waals surface area contributed by atoms with E-state index in [1.54, 1.807) is 6.07 Å². The highest BCUT2D eigenvalue weighted by atomic mass is 79.9. The number of nitrogens with two attached hydrogens (primary N) is 1. The fourth-order valence-corrected chi connectivity index (χ4v) is 2.62. The Hall–Kier alpha value is -0.910. The Morgan fingerprint density at radius 1 is 1.20 bits per heavy atom. The van der Waals surface area contributed by atoms with Crippen molar-refractivity contribution >= 4 is 31.9 Å². The highest BCUT2D eigenvalue weighted by Gasteiger charge is 2.15. The van der Waals surface area contributed by atoms with Gasteiger partial charge in [0.2, 0.25) is 0 Å². The second-order valence-electron chi connectivity index (χ2n) is 4.45. The van der Waals surface area contributed by atoms with E-state index in [0.717, 1.165) is 15.6 Å². The zero-order valence-electron chi connectivity index (χ0n) is 10.9. The van der Waals surface area contributed by atoms with E-state index in [9.17, 15) is 4.39 Å². The van der Waals surface area contributed by atoms with Crippen molar-refractivity contribution < 1.29 is 9.13 Å². The molecule has 0 aliphatic heterocycles. The molecule has 2 rings (SSSR count). The van der Waals surface area contributed by atoms with Gasteiger partial charge in [0.15, 0.2) is 0 Å². The topological polar surface area (TPSA) is 35.2 Å². The molecule has 2 aromatic rings. The molecule has 2 nitrogen and oxygen atoms in total. The molecular weight excluding hydrogens is 389 g/mol. The van der Waals surface area contributed by atoms with Crippen LogP contribution in [-0.2, 0) is 6.42 Å². The van der Waals surface area contributed by atoms with Crippen LogP contribution in [0.1, 0.15) is 17.2 Å². The molecule has 0 heterocycles. The lowest BCUT2D eigenvalue weighted by molar-refractivity contribution is 0.401. The third kappa shape index (κ3) is 3.59. The first-order valence-corrected chi connectivity index (χ1v) is 7.63. The summed E-state index contributed by atoms with van der Waals surface area (Å²) in [5.74, 6) is 0.108. The Morgan fingerprint density at radius 2 is 1.85 bits per heavy atom. The molecule has 0 fully saturated rings. The molecule has 1 unspecified atom stereocenters. The van der Waals surface area contributed by atoms with Crippen LogP contribution < -0.4 is 10.5 Å². The quantitative estimate of drug-likeness (QED) is 0.810. The molecule has 0 aliphatic rings. The predicted molar refractivity (Wildman–Crippen MR) is 85.4 cm³/mol. The number of hydrogen-bond donors (Lipinski definition) is 1. The lowest BCUT2D eigenvalue weighted by atomic mass is 9.99. The summed E-state index contributed by atoms with van der Waals surface area (Å²) in [6.45, 7) is 0. The first-order chi connectivity index (χ1) is 9.51. The van der Waals surface area contributed by atoms with Crippen molar-refractivity contribution in [3.8, 4) is 5.75 Å². The van der Waals surface area contributed by atoms with Crippen LogP contribution in [0, 0.1) is 5.82 Å². The van der Waals surface area contributed by atoms with Crippen LogP contribution in [0.4, 0.5) is 4.39 Å². The molecule has 20 heavy (non-hydrogen) atoms. The third-order valence-electron chi connectivity index (χ3n) is 3.04. The zero-order valence-corrected chi connectivity index (χ0v) is 14.0. The largest absolute Gasteiger partial charge is 0.496 e. The fourth-order valence-electron chi connectivity index (χ4n) is 1.99. The van der Waals surface area contributed by atoms with Crippen LogP contribution in [0.25, 0.3) is 0 Å². The van der Waals surface area contributed by atoms with Gasteiger partial charge in [0, 0.05) is 22.1 Å². The van der Waals surface area contributed by atoms with E-state index in [4.69, 9.17) is 10.5 Å². The molecule has 1 atom stereocenters. The summed E-state index contributed by atoms with van der Waals surface area (Å²) >= 11 is 6.58. The van der Waals surface area contributed by atoms with Crippen molar-refractivity contribution in [2.45, 2.75) is 12.5 Å². The lowest BCUT2D eigenvalue weighted by Crippen LogP contribution is -2.14. The van der Waals surface area contributed by atoms with E-state index in [1.165, 1.54) is 13.2 Å². The molecule has 0 amide bonds. The van der Waals surface area contributed by atoms with E-state index in [0.29, 0.717) is 16.6 Å². The first-order valence-electron chi connectivity index (χ1n) is 6.04. The van der Waals surface area contributed by atoms with E-state index in [-0.39, 0.29) is 11.9 Å². The first kappa shape index (κ1) is 15.5. The standard InChI is InChI=1S/C15H14Br2FNO/c1-20-15-8-13(18)12(17)7-11(15)14(19)6-9-2-4-10(16)5-3-9/h2-5,7-8,14H,6,19H2,1H3. The van der Waals surface area contributed by atoms with Gasteiger partial charge in [-0.05, 0) is 46.1 Å². The maximum atomic E-state index is 13.5. The third-order valence-corrected chi connectivity index (χ3v) is 4.18. The van der Waals surface area contributed by atoms with Crippen LogP contribution in [-0.4, -0.2) is 7.11 Å². The van der Waals surface area contributed by atoms with Crippen LogP contribution in [0.15, 0.2) is 45.3 Å². The van der Waals surface area contributed by atoms with Gasteiger partial charge < -0.3 is 10.5 Å². The minimum Gasteiger partial charge on any atom is -0.496 e. The van der Waals surface area contributed by atoms with Gasteiger partial charge in [0.05, 0.1) is 11.6 Å². The summed E-state index contributed by atoms with van der Waals surface area (Å²) in [6, 6.07) is 10.7. The average molecular weight is 403 g/mol. The van der Waals surface area contributed by atoms with Gasteiger partial charge in [-0.25, -0.2) is 4.39 Å². The Labute approximate surface area is 134 Å². The summed E-state index contributed by atoms with van der Waals surface area (Å²) in [5, 5.41) is 0. The number of methoxy groups -OCH3 is 1. The summed E-state index contributed by atoms with van der Waals surface area (Å²) in [7, 11) is 1.51. The molecule has 2 N–H and O–H groups in total. The maximum absolute atomic E-state index is 13.5. The predicted octanol–water partition coefficient (Wildman–Crippen LogP) is 4.60.